The molecule has 2 aliphatic heterocycles. The number of anilines is 1. The van der Waals surface area contributed by atoms with E-state index in [1.807, 2.05) is 7.05 Å². The van der Waals surface area contributed by atoms with Gasteiger partial charge in [-0.2, -0.15) is 0 Å². The number of likely N-dealkylation sites (tertiary alicyclic amines) is 1. The van der Waals surface area contributed by atoms with Crippen molar-refractivity contribution in [3.8, 4) is 0 Å². The molecule has 2 saturated heterocycles. The van der Waals surface area contributed by atoms with Crippen LogP contribution in [0.2, 0.25) is 0 Å². The normalized spacial score (nSPS) is 18.2. The molecule has 0 bridgehead atoms. The number of guanidine groups is 1. The number of para-hydroxylation sites is 1. The van der Waals surface area contributed by atoms with Crippen molar-refractivity contribution in [1.29, 1.82) is 0 Å². The maximum absolute atomic E-state index is 5.52. The Bertz CT molecular complexity index is 835. The zero-order valence-electron chi connectivity index (χ0n) is 19.0. The minimum Gasteiger partial charge on any atom is -0.378 e. The van der Waals surface area contributed by atoms with Crippen molar-refractivity contribution in [1.82, 2.24) is 15.5 Å². The van der Waals surface area contributed by atoms with E-state index in [4.69, 9.17) is 4.74 Å². The second-order valence-electron chi connectivity index (χ2n) is 8.20. The predicted molar refractivity (Wildman–Crippen MR) is 143 cm³/mol. The fourth-order valence-electron chi connectivity index (χ4n) is 4.55. The highest BCUT2D eigenvalue weighted by Gasteiger charge is 2.23. The highest BCUT2D eigenvalue weighted by atomic mass is 127. The summed E-state index contributed by atoms with van der Waals surface area (Å²) in [7, 11) is 1.84. The first-order valence-corrected chi connectivity index (χ1v) is 11.5. The number of hydrogen-bond donors (Lipinski definition) is 2. The first-order chi connectivity index (χ1) is 15.3. The molecule has 2 aliphatic rings. The second kappa shape index (κ2) is 13.0. The lowest BCUT2D eigenvalue weighted by atomic mass is 10.1. The Balaban J connectivity index is 0.00000289. The van der Waals surface area contributed by atoms with E-state index in [-0.39, 0.29) is 24.0 Å². The van der Waals surface area contributed by atoms with Gasteiger partial charge in [-0.15, -0.1) is 24.0 Å². The monoisotopic (exact) mass is 549 g/mol. The molecule has 1 atom stereocenters. The van der Waals surface area contributed by atoms with Gasteiger partial charge in [-0.05, 0) is 43.1 Å². The van der Waals surface area contributed by atoms with Crippen LogP contribution in [0.1, 0.15) is 30.0 Å². The van der Waals surface area contributed by atoms with Crippen LogP contribution in [-0.4, -0.2) is 63.8 Å². The molecule has 0 radical (unpaired) electrons. The van der Waals surface area contributed by atoms with Crippen molar-refractivity contribution in [3.05, 3.63) is 65.7 Å². The smallest absolute Gasteiger partial charge is 0.191 e. The van der Waals surface area contributed by atoms with Gasteiger partial charge in [0.25, 0.3) is 0 Å². The fraction of sp³-hybridized carbons (Fsp3) is 0.480. The van der Waals surface area contributed by atoms with E-state index in [0.717, 1.165) is 45.4 Å². The highest BCUT2D eigenvalue weighted by molar-refractivity contribution is 14.0. The van der Waals surface area contributed by atoms with Crippen LogP contribution in [0.15, 0.2) is 59.6 Å². The maximum atomic E-state index is 5.52. The molecule has 1 unspecified atom stereocenters. The minimum atomic E-state index is 0. The third-order valence-corrected chi connectivity index (χ3v) is 6.24. The molecule has 6 nitrogen and oxygen atoms in total. The molecule has 7 heteroatoms. The molecule has 0 aliphatic carbocycles. The first-order valence-electron chi connectivity index (χ1n) is 11.5. The van der Waals surface area contributed by atoms with Gasteiger partial charge in [0.15, 0.2) is 5.96 Å². The van der Waals surface area contributed by atoms with E-state index >= 15 is 0 Å². The summed E-state index contributed by atoms with van der Waals surface area (Å²) in [5, 5.41) is 7.10. The van der Waals surface area contributed by atoms with E-state index in [2.05, 4.69) is 80.0 Å². The van der Waals surface area contributed by atoms with E-state index in [9.17, 15) is 0 Å². The summed E-state index contributed by atoms with van der Waals surface area (Å²) in [5.74, 6) is 0.844. The Labute approximate surface area is 209 Å². The lowest BCUT2D eigenvalue weighted by molar-refractivity contribution is 0.122. The van der Waals surface area contributed by atoms with E-state index < -0.39 is 0 Å². The predicted octanol–water partition coefficient (Wildman–Crippen LogP) is 3.64. The molecule has 2 heterocycles. The molecule has 0 aromatic heterocycles. The first kappa shape index (κ1) is 24.8. The number of ether oxygens (including phenoxy) is 1. The molecule has 0 amide bonds. The van der Waals surface area contributed by atoms with Crippen LogP contribution in [0.4, 0.5) is 5.69 Å². The fourth-order valence-corrected chi connectivity index (χ4v) is 4.55. The Morgan fingerprint density at radius 2 is 1.62 bits per heavy atom. The quantitative estimate of drug-likeness (QED) is 0.314. The number of halogens is 1. The average molecular weight is 550 g/mol. The SMILES string of the molecule is CN=C(NCc1ccccc1N1CCOCC1)NCC(c1ccccc1)N1CCCC1.I. The lowest BCUT2D eigenvalue weighted by Crippen LogP contribution is -2.42. The van der Waals surface area contributed by atoms with Crippen molar-refractivity contribution in [2.75, 3.05) is 57.9 Å². The molecule has 2 aromatic rings. The number of hydrogen-bond acceptors (Lipinski definition) is 4. The molecular formula is C25H36IN5O. The average Bonchev–Trinajstić information content (AvgIpc) is 3.37. The number of rotatable bonds is 7. The maximum Gasteiger partial charge on any atom is 0.191 e. The Kier molecular flexibility index (Phi) is 10.1. The van der Waals surface area contributed by atoms with Crippen LogP contribution in [0.3, 0.4) is 0 Å². The van der Waals surface area contributed by atoms with Crippen molar-refractivity contribution in [2.24, 2.45) is 4.99 Å². The zero-order chi connectivity index (χ0) is 21.3. The minimum absolute atomic E-state index is 0. The molecular weight excluding hydrogens is 513 g/mol. The van der Waals surface area contributed by atoms with Crippen LogP contribution in [0.25, 0.3) is 0 Å². The van der Waals surface area contributed by atoms with Gasteiger partial charge in [0, 0.05) is 38.9 Å². The van der Waals surface area contributed by atoms with Crippen molar-refractivity contribution in [3.63, 3.8) is 0 Å². The second-order valence-corrected chi connectivity index (χ2v) is 8.20. The van der Waals surface area contributed by atoms with Gasteiger partial charge < -0.3 is 20.3 Å². The number of benzene rings is 2. The summed E-state index contributed by atoms with van der Waals surface area (Å²) in [6.07, 6.45) is 2.57. The molecule has 0 saturated carbocycles. The molecule has 32 heavy (non-hydrogen) atoms. The zero-order valence-corrected chi connectivity index (χ0v) is 21.3. The number of morpholine rings is 1. The van der Waals surface area contributed by atoms with Crippen LogP contribution in [0.5, 0.6) is 0 Å². The molecule has 2 fully saturated rings. The highest BCUT2D eigenvalue weighted by Crippen LogP contribution is 2.24. The topological polar surface area (TPSA) is 52.1 Å². The summed E-state index contributed by atoms with van der Waals surface area (Å²) in [4.78, 5) is 9.48. The molecule has 2 aromatic carbocycles. The summed E-state index contributed by atoms with van der Waals surface area (Å²) in [6, 6.07) is 19.8. The Morgan fingerprint density at radius 3 is 2.34 bits per heavy atom. The largest absolute Gasteiger partial charge is 0.378 e. The van der Waals surface area contributed by atoms with E-state index in [0.29, 0.717) is 6.04 Å². The number of nitrogens with zero attached hydrogens (tertiary/aromatic N) is 3. The standard InChI is InChI=1S/C25H35N5O.HI/c1-26-25(27-19-22-11-5-6-12-23(22)30-15-17-31-18-16-30)28-20-24(29-13-7-8-14-29)21-9-3-2-4-10-21;/h2-6,9-12,24H,7-8,13-20H2,1H3,(H2,26,27,28);1H. The number of aliphatic imine (C=N–C) groups is 1. The summed E-state index contributed by atoms with van der Waals surface area (Å²) in [5.41, 5.74) is 3.93. The van der Waals surface area contributed by atoms with Gasteiger partial charge in [-0.1, -0.05) is 48.5 Å². The molecule has 0 spiro atoms. The van der Waals surface area contributed by atoms with E-state index in [1.54, 1.807) is 0 Å². The summed E-state index contributed by atoms with van der Waals surface area (Å²) >= 11 is 0. The molecule has 4 rings (SSSR count). The summed E-state index contributed by atoms with van der Waals surface area (Å²) in [6.45, 7) is 7.39. The Morgan fingerprint density at radius 1 is 0.938 bits per heavy atom. The van der Waals surface area contributed by atoms with Crippen molar-refractivity contribution >= 4 is 35.6 Å². The van der Waals surface area contributed by atoms with Crippen LogP contribution in [0, 0.1) is 0 Å². The molecule has 174 valence electrons. The van der Waals surface area contributed by atoms with Crippen LogP contribution in [-0.2, 0) is 11.3 Å². The van der Waals surface area contributed by atoms with Gasteiger partial charge in [0.2, 0.25) is 0 Å². The van der Waals surface area contributed by atoms with Gasteiger partial charge in [-0.25, -0.2) is 0 Å². The number of nitrogens with one attached hydrogen (secondary N) is 2. The van der Waals surface area contributed by atoms with Gasteiger partial charge >= 0.3 is 0 Å². The van der Waals surface area contributed by atoms with Crippen LogP contribution < -0.4 is 15.5 Å². The van der Waals surface area contributed by atoms with Gasteiger partial charge in [-0.3, -0.25) is 9.89 Å². The summed E-state index contributed by atoms with van der Waals surface area (Å²) < 4.78 is 5.52. The third-order valence-electron chi connectivity index (χ3n) is 6.24. The van der Waals surface area contributed by atoms with Crippen molar-refractivity contribution < 1.29 is 4.74 Å². The van der Waals surface area contributed by atoms with Gasteiger partial charge in [0.05, 0.1) is 19.3 Å². The molecule has 2 N–H and O–H groups in total. The van der Waals surface area contributed by atoms with E-state index in [1.165, 1.54) is 42.7 Å². The third kappa shape index (κ3) is 6.59. The Hall–Kier alpha value is -1.84. The van der Waals surface area contributed by atoms with Gasteiger partial charge in [0.1, 0.15) is 0 Å². The van der Waals surface area contributed by atoms with Crippen molar-refractivity contribution in [2.45, 2.75) is 25.4 Å². The lowest BCUT2D eigenvalue weighted by Gasteiger charge is -2.31. The van der Waals surface area contributed by atoms with Crippen LogP contribution >= 0.6 is 24.0 Å².